The molecule has 0 aromatic heterocycles. The third-order valence-electron chi connectivity index (χ3n) is 4.63. The van der Waals surface area contributed by atoms with Crippen LogP contribution in [-0.4, -0.2) is 28.5 Å². The molecule has 2 aromatic rings. The molecule has 1 amide bonds. The zero-order valence-corrected chi connectivity index (χ0v) is 16.6. The lowest BCUT2D eigenvalue weighted by atomic mass is 9.85. The van der Waals surface area contributed by atoms with Gasteiger partial charge < -0.3 is 15.2 Å². The van der Waals surface area contributed by atoms with Crippen molar-refractivity contribution in [3.05, 3.63) is 63.1 Å². The monoisotopic (exact) mass is 407 g/mol. The Morgan fingerprint density at radius 3 is 2.37 bits per heavy atom. The van der Waals surface area contributed by atoms with E-state index in [4.69, 9.17) is 27.9 Å². The van der Waals surface area contributed by atoms with E-state index in [1.165, 1.54) is 6.92 Å². The summed E-state index contributed by atoms with van der Waals surface area (Å²) in [7, 11) is 0. The van der Waals surface area contributed by atoms with Crippen LogP contribution in [0.1, 0.15) is 53.1 Å². The SMILES string of the molecule is CC(=O)c1ccc2c(c1)C(NC(=O)c1c(Cl)cccc1Cl)C(O)C(C)(C)O2. The van der Waals surface area contributed by atoms with Crippen molar-refractivity contribution in [2.75, 3.05) is 0 Å². The number of hydrogen-bond acceptors (Lipinski definition) is 4. The van der Waals surface area contributed by atoms with Gasteiger partial charge in [0.2, 0.25) is 0 Å². The number of nitrogens with one attached hydrogen (secondary N) is 1. The van der Waals surface area contributed by atoms with Gasteiger partial charge in [0.15, 0.2) is 5.78 Å². The van der Waals surface area contributed by atoms with Gasteiger partial charge >= 0.3 is 0 Å². The number of halogens is 2. The van der Waals surface area contributed by atoms with Crippen molar-refractivity contribution in [1.82, 2.24) is 5.32 Å². The van der Waals surface area contributed by atoms with Crippen molar-refractivity contribution in [2.45, 2.75) is 38.5 Å². The number of ether oxygens (including phenoxy) is 1. The number of hydrogen-bond donors (Lipinski definition) is 2. The Kier molecular flexibility index (Phi) is 5.21. The highest BCUT2D eigenvalue weighted by Gasteiger charge is 2.44. The molecule has 0 bridgehead atoms. The highest BCUT2D eigenvalue weighted by molar-refractivity contribution is 6.39. The van der Waals surface area contributed by atoms with Crippen LogP contribution in [0.5, 0.6) is 5.75 Å². The molecule has 0 saturated carbocycles. The Bertz CT molecular complexity index is 906. The molecule has 2 aromatic carbocycles. The highest BCUT2D eigenvalue weighted by Crippen LogP contribution is 2.40. The second-order valence-corrected chi connectivity index (χ2v) is 7.82. The quantitative estimate of drug-likeness (QED) is 0.747. The van der Waals surface area contributed by atoms with Gasteiger partial charge in [-0.05, 0) is 51.1 Å². The molecule has 0 saturated heterocycles. The van der Waals surface area contributed by atoms with Crippen molar-refractivity contribution < 1.29 is 19.4 Å². The predicted molar refractivity (Wildman–Crippen MR) is 104 cm³/mol. The van der Waals surface area contributed by atoms with Crippen molar-refractivity contribution >= 4 is 34.9 Å². The molecule has 0 spiro atoms. The summed E-state index contributed by atoms with van der Waals surface area (Å²) in [6.45, 7) is 4.89. The van der Waals surface area contributed by atoms with Gasteiger partial charge in [-0.3, -0.25) is 9.59 Å². The Hall–Kier alpha value is -2.08. The number of Topliss-reactive ketones (excluding diaryl/α,β-unsaturated/α-hetero) is 1. The molecular weight excluding hydrogens is 389 g/mol. The minimum absolute atomic E-state index is 0.126. The summed E-state index contributed by atoms with van der Waals surface area (Å²) < 4.78 is 5.87. The van der Waals surface area contributed by atoms with Gasteiger partial charge in [0.05, 0.1) is 21.7 Å². The molecule has 2 atom stereocenters. The predicted octanol–water partition coefficient (Wildman–Crippen LogP) is 4.20. The van der Waals surface area contributed by atoms with E-state index in [9.17, 15) is 14.7 Å². The minimum atomic E-state index is -1.06. The largest absolute Gasteiger partial charge is 0.485 e. The number of carbonyl (C=O) groups is 2. The smallest absolute Gasteiger partial charge is 0.254 e. The Labute approximate surface area is 167 Å². The number of aliphatic hydroxyl groups excluding tert-OH is 1. The lowest BCUT2D eigenvalue weighted by Crippen LogP contribution is -2.53. The lowest BCUT2D eigenvalue weighted by molar-refractivity contribution is -0.0627. The van der Waals surface area contributed by atoms with Crippen LogP contribution in [0, 0.1) is 0 Å². The first-order chi connectivity index (χ1) is 12.6. The number of aliphatic hydroxyl groups is 1. The van der Waals surface area contributed by atoms with E-state index in [-0.39, 0.29) is 21.4 Å². The maximum Gasteiger partial charge on any atom is 0.254 e. The molecule has 2 unspecified atom stereocenters. The third-order valence-corrected chi connectivity index (χ3v) is 5.26. The first-order valence-corrected chi connectivity index (χ1v) is 9.14. The van der Waals surface area contributed by atoms with Crippen LogP contribution < -0.4 is 10.1 Å². The molecule has 3 rings (SSSR count). The van der Waals surface area contributed by atoms with E-state index in [2.05, 4.69) is 5.32 Å². The normalized spacial score (nSPS) is 20.4. The van der Waals surface area contributed by atoms with Gasteiger partial charge in [-0.2, -0.15) is 0 Å². The second-order valence-electron chi connectivity index (χ2n) is 7.01. The number of carbonyl (C=O) groups excluding carboxylic acids is 2. The average Bonchev–Trinajstić information content (AvgIpc) is 2.58. The van der Waals surface area contributed by atoms with Gasteiger partial charge in [0, 0.05) is 11.1 Å². The van der Waals surface area contributed by atoms with Crippen molar-refractivity contribution in [1.29, 1.82) is 0 Å². The van der Waals surface area contributed by atoms with Gasteiger partial charge in [-0.15, -0.1) is 0 Å². The molecule has 2 N–H and O–H groups in total. The molecule has 0 aliphatic carbocycles. The summed E-state index contributed by atoms with van der Waals surface area (Å²) in [5, 5.41) is 14.0. The summed E-state index contributed by atoms with van der Waals surface area (Å²) in [6.07, 6.45) is -1.06. The van der Waals surface area contributed by atoms with E-state index in [0.29, 0.717) is 16.9 Å². The first kappa shape index (κ1) is 19.7. The van der Waals surface area contributed by atoms with Gasteiger partial charge in [-0.1, -0.05) is 29.3 Å². The van der Waals surface area contributed by atoms with Crippen LogP contribution in [-0.2, 0) is 0 Å². The number of rotatable bonds is 3. The maximum atomic E-state index is 12.8. The van der Waals surface area contributed by atoms with Gasteiger partial charge in [0.1, 0.15) is 17.5 Å². The molecule has 0 fully saturated rings. The summed E-state index contributed by atoms with van der Waals surface area (Å²) >= 11 is 12.2. The second kappa shape index (κ2) is 7.15. The number of fused-ring (bicyclic) bond motifs is 1. The van der Waals surface area contributed by atoms with Crippen molar-refractivity contribution in [3.8, 4) is 5.75 Å². The summed E-state index contributed by atoms with van der Waals surface area (Å²) in [5.74, 6) is -0.159. The van der Waals surface area contributed by atoms with Crippen molar-refractivity contribution in [3.63, 3.8) is 0 Å². The first-order valence-electron chi connectivity index (χ1n) is 8.38. The molecule has 142 valence electrons. The molecule has 7 heteroatoms. The zero-order chi connectivity index (χ0) is 19.9. The van der Waals surface area contributed by atoms with Crippen LogP contribution >= 0.6 is 23.2 Å². The van der Waals surface area contributed by atoms with Crippen molar-refractivity contribution in [2.24, 2.45) is 0 Å². The molecule has 1 heterocycles. The van der Waals surface area contributed by atoms with E-state index >= 15 is 0 Å². The maximum absolute atomic E-state index is 12.8. The van der Waals surface area contributed by atoms with Gasteiger partial charge in [-0.25, -0.2) is 0 Å². The highest BCUT2D eigenvalue weighted by atomic mass is 35.5. The summed E-state index contributed by atoms with van der Waals surface area (Å²) in [5.41, 5.74) is 0.152. The van der Waals surface area contributed by atoms with E-state index in [1.54, 1.807) is 50.2 Å². The fraction of sp³-hybridized carbons (Fsp3) is 0.300. The molecule has 5 nitrogen and oxygen atoms in total. The fourth-order valence-corrected chi connectivity index (χ4v) is 3.67. The Morgan fingerprint density at radius 1 is 1.15 bits per heavy atom. The van der Waals surface area contributed by atoms with E-state index < -0.39 is 23.7 Å². The molecule has 0 radical (unpaired) electrons. The minimum Gasteiger partial charge on any atom is -0.485 e. The van der Waals surface area contributed by atoms with Crippen LogP contribution in [0.15, 0.2) is 36.4 Å². The Balaban J connectivity index is 2.04. The van der Waals surface area contributed by atoms with Crippen LogP contribution in [0.3, 0.4) is 0 Å². The molecular formula is C20H19Cl2NO4. The average molecular weight is 408 g/mol. The standard InChI is InChI=1S/C20H19Cl2NO4/c1-10(24)11-7-8-15-12(9-11)17(18(25)20(2,3)27-15)23-19(26)16-13(21)5-4-6-14(16)22/h4-9,17-18,25H,1-3H3,(H,23,26). The number of benzene rings is 2. The molecule has 27 heavy (non-hydrogen) atoms. The third kappa shape index (κ3) is 3.68. The van der Waals surface area contributed by atoms with Crippen LogP contribution in [0.25, 0.3) is 0 Å². The Morgan fingerprint density at radius 2 is 1.78 bits per heavy atom. The van der Waals surface area contributed by atoms with Gasteiger partial charge in [0.25, 0.3) is 5.91 Å². The van der Waals surface area contributed by atoms with E-state index in [1.807, 2.05) is 0 Å². The topological polar surface area (TPSA) is 75.6 Å². The van der Waals surface area contributed by atoms with Crippen LogP contribution in [0.4, 0.5) is 0 Å². The van der Waals surface area contributed by atoms with Crippen LogP contribution in [0.2, 0.25) is 10.0 Å². The molecule has 1 aliphatic heterocycles. The zero-order valence-electron chi connectivity index (χ0n) is 15.0. The number of amides is 1. The summed E-state index contributed by atoms with van der Waals surface area (Å²) in [4.78, 5) is 24.6. The number of ketones is 1. The molecule has 1 aliphatic rings. The lowest BCUT2D eigenvalue weighted by Gasteiger charge is -2.42. The van der Waals surface area contributed by atoms with E-state index in [0.717, 1.165) is 0 Å². The summed E-state index contributed by atoms with van der Waals surface area (Å²) in [6, 6.07) is 8.91. The fourth-order valence-electron chi connectivity index (χ4n) is 3.10.